The van der Waals surface area contributed by atoms with Crippen LogP contribution in [-0.4, -0.2) is 14.5 Å². The van der Waals surface area contributed by atoms with Crippen molar-refractivity contribution in [2.75, 3.05) is 0 Å². The zero-order valence-electron chi connectivity index (χ0n) is 18.4. The normalized spacial score (nSPS) is 11.1. The molecule has 3 nitrogen and oxygen atoms in total. The molecule has 0 bridgehead atoms. The van der Waals surface area contributed by atoms with Gasteiger partial charge in [0.1, 0.15) is 11.3 Å². The molecule has 0 saturated carbocycles. The number of benzene rings is 2. The molecule has 31 heavy (non-hydrogen) atoms. The highest BCUT2D eigenvalue weighted by molar-refractivity contribution is 5.80. The molecule has 0 radical (unpaired) electrons. The first-order valence-electron chi connectivity index (χ1n) is 11.5. The molecule has 0 atom stereocenters. The van der Waals surface area contributed by atoms with Gasteiger partial charge in [0.2, 0.25) is 0 Å². The second kappa shape index (κ2) is 10.2. The largest absolute Gasteiger partial charge is 0.277 e. The van der Waals surface area contributed by atoms with Gasteiger partial charge in [-0.25, -0.2) is 9.97 Å². The Labute approximate surface area is 185 Å². The molecule has 4 aromatic rings. The van der Waals surface area contributed by atoms with Crippen LogP contribution in [0.1, 0.15) is 56.6 Å². The Morgan fingerprint density at radius 2 is 1.61 bits per heavy atom. The zero-order chi connectivity index (χ0) is 21.5. The minimum atomic E-state index is 0.883. The molecule has 3 heteroatoms. The zero-order valence-corrected chi connectivity index (χ0v) is 18.4. The molecule has 0 aliphatic carbocycles. The van der Waals surface area contributed by atoms with E-state index in [-0.39, 0.29) is 0 Å². The predicted octanol–water partition coefficient (Wildman–Crippen LogP) is 7.63. The summed E-state index contributed by atoms with van der Waals surface area (Å²) >= 11 is 0. The van der Waals surface area contributed by atoms with Gasteiger partial charge in [0.15, 0.2) is 5.65 Å². The minimum absolute atomic E-state index is 0.883. The van der Waals surface area contributed by atoms with Crippen LogP contribution in [0, 0.1) is 0 Å². The van der Waals surface area contributed by atoms with Crippen LogP contribution in [0.15, 0.2) is 73.4 Å². The van der Waals surface area contributed by atoms with E-state index in [4.69, 9.17) is 4.98 Å². The summed E-state index contributed by atoms with van der Waals surface area (Å²) in [7, 11) is 0. The molecular formula is C28H31N3. The van der Waals surface area contributed by atoms with Gasteiger partial charge in [-0.15, -0.1) is 0 Å². The highest BCUT2D eigenvalue weighted by Gasteiger charge is 2.15. The molecule has 0 N–H and O–H groups in total. The highest BCUT2D eigenvalue weighted by Crippen LogP contribution is 2.28. The molecule has 2 aromatic heterocycles. The van der Waals surface area contributed by atoms with E-state index >= 15 is 0 Å². The van der Waals surface area contributed by atoms with E-state index in [1.54, 1.807) is 0 Å². The quantitative estimate of drug-likeness (QED) is 0.252. The summed E-state index contributed by atoms with van der Waals surface area (Å²) in [5.41, 5.74) is 6.45. The summed E-state index contributed by atoms with van der Waals surface area (Å²) in [4.78, 5) is 9.53. The van der Waals surface area contributed by atoms with Gasteiger partial charge in [0, 0.05) is 17.4 Å². The molecule has 0 unspecified atom stereocenters. The summed E-state index contributed by atoms with van der Waals surface area (Å²) in [6.07, 6.45) is 12.8. The van der Waals surface area contributed by atoms with Crippen LogP contribution in [0.4, 0.5) is 0 Å². The lowest BCUT2D eigenvalue weighted by Crippen LogP contribution is -1.99. The van der Waals surface area contributed by atoms with E-state index in [1.807, 2.05) is 24.4 Å². The first-order chi connectivity index (χ1) is 15.3. The molecule has 0 spiro atoms. The van der Waals surface area contributed by atoms with Crippen molar-refractivity contribution in [1.29, 1.82) is 0 Å². The maximum Gasteiger partial charge on any atom is 0.164 e. The number of aromatic nitrogens is 3. The predicted molar refractivity (Wildman–Crippen MR) is 131 cm³/mol. The van der Waals surface area contributed by atoms with Crippen molar-refractivity contribution in [3.05, 3.63) is 84.6 Å². The van der Waals surface area contributed by atoms with E-state index in [0.29, 0.717) is 0 Å². The van der Waals surface area contributed by atoms with Crippen molar-refractivity contribution in [2.24, 2.45) is 0 Å². The summed E-state index contributed by atoms with van der Waals surface area (Å²) < 4.78 is 2.16. The average Bonchev–Trinajstić information content (AvgIpc) is 3.21. The number of fused-ring (bicyclic) bond motifs is 1. The summed E-state index contributed by atoms with van der Waals surface area (Å²) in [6.45, 7) is 6.12. The van der Waals surface area contributed by atoms with Gasteiger partial charge in [-0.1, -0.05) is 88.1 Å². The Morgan fingerprint density at radius 1 is 0.871 bits per heavy atom. The number of pyridine rings is 1. The fraction of sp³-hybridized carbons (Fsp3) is 0.286. The first kappa shape index (κ1) is 21.0. The monoisotopic (exact) mass is 409 g/mol. The van der Waals surface area contributed by atoms with E-state index in [0.717, 1.165) is 40.2 Å². The molecule has 2 heterocycles. The van der Waals surface area contributed by atoms with Crippen LogP contribution in [0.25, 0.3) is 34.3 Å². The van der Waals surface area contributed by atoms with Crippen LogP contribution in [0.2, 0.25) is 0 Å². The number of imidazole rings is 1. The third-order valence-corrected chi connectivity index (χ3v) is 5.83. The maximum atomic E-state index is 4.90. The maximum absolute atomic E-state index is 4.90. The molecule has 0 amide bonds. The Bertz CT molecular complexity index is 1120. The van der Waals surface area contributed by atoms with Gasteiger partial charge >= 0.3 is 0 Å². The molecule has 2 aromatic carbocycles. The number of aryl methyl sites for hydroxylation is 1. The summed E-state index contributed by atoms with van der Waals surface area (Å²) in [6, 6.07) is 21.2. The Kier molecular flexibility index (Phi) is 6.93. The van der Waals surface area contributed by atoms with Crippen LogP contribution >= 0.6 is 0 Å². The standard InChI is InChI=1S/C28H31N3/c1-3-5-6-7-8-9-11-23-15-19-25(20-16-23)31-27(24-17-13-22(4-2)14-18-24)30-26-12-10-21-29-28(26)31/h4,10,12-21H,2-3,5-9,11H2,1H3. The lowest BCUT2D eigenvalue weighted by atomic mass is 10.0. The number of rotatable bonds is 10. The van der Waals surface area contributed by atoms with E-state index in [1.165, 1.54) is 44.1 Å². The van der Waals surface area contributed by atoms with E-state index in [2.05, 4.69) is 71.6 Å². The molecule has 158 valence electrons. The third-order valence-electron chi connectivity index (χ3n) is 5.83. The fourth-order valence-electron chi connectivity index (χ4n) is 4.04. The Balaban J connectivity index is 1.59. The summed E-state index contributed by atoms with van der Waals surface area (Å²) in [5, 5.41) is 0. The molecule has 4 rings (SSSR count). The highest BCUT2D eigenvalue weighted by atomic mass is 15.1. The molecule has 0 aliphatic rings. The van der Waals surface area contributed by atoms with Gasteiger partial charge in [-0.05, 0) is 48.2 Å². The van der Waals surface area contributed by atoms with Gasteiger partial charge in [-0.2, -0.15) is 0 Å². The minimum Gasteiger partial charge on any atom is -0.277 e. The number of hydrogen-bond donors (Lipinski definition) is 0. The number of nitrogens with zero attached hydrogens (tertiary/aromatic N) is 3. The van der Waals surface area contributed by atoms with Crippen molar-refractivity contribution >= 4 is 17.2 Å². The SMILES string of the molecule is C=Cc1ccc(-c2nc3cccnc3n2-c2ccc(CCCCCCCC)cc2)cc1. The second-order valence-corrected chi connectivity index (χ2v) is 8.13. The van der Waals surface area contributed by atoms with E-state index < -0.39 is 0 Å². The smallest absolute Gasteiger partial charge is 0.164 e. The van der Waals surface area contributed by atoms with Gasteiger partial charge < -0.3 is 0 Å². The van der Waals surface area contributed by atoms with Crippen LogP contribution in [-0.2, 0) is 6.42 Å². The summed E-state index contributed by atoms with van der Waals surface area (Å²) in [5.74, 6) is 0.910. The van der Waals surface area contributed by atoms with Crippen molar-refractivity contribution < 1.29 is 0 Å². The molecular weight excluding hydrogens is 378 g/mol. The first-order valence-corrected chi connectivity index (χ1v) is 11.5. The third kappa shape index (κ3) is 4.93. The van der Waals surface area contributed by atoms with Crippen molar-refractivity contribution in [3.8, 4) is 17.1 Å². The van der Waals surface area contributed by atoms with Crippen LogP contribution < -0.4 is 0 Å². The Hall–Kier alpha value is -3.20. The average molecular weight is 410 g/mol. The van der Waals surface area contributed by atoms with Gasteiger partial charge in [0.05, 0.1) is 0 Å². The lowest BCUT2D eigenvalue weighted by Gasteiger charge is -2.10. The number of hydrogen-bond acceptors (Lipinski definition) is 2. The fourth-order valence-corrected chi connectivity index (χ4v) is 4.04. The molecule has 0 saturated heterocycles. The van der Waals surface area contributed by atoms with Crippen molar-refractivity contribution in [1.82, 2.24) is 14.5 Å². The second-order valence-electron chi connectivity index (χ2n) is 8.13. The van der Waals surface area contributed by atoms with Gasteiger partial charge in [0.25, 0.3) is 0 Å². The lowest BCUT2D eigenvalue weighted by molar-refractivity contribution is 0.607. The Morgan fingerprint density at radius 3 is 2.35 bits per heavy atom. The van der Waals surface area contributed by atoms with E-state index in [9.17, 15) is 0 Å². The molecule has 0 aliphatic heterocycles. The van der Waals surface area contributed by atoms with Crippen molar-refractivity contribution in [2.45, 2.75) is 51.9 Å². The molecule has 0 fully saturated rings. The van der Waals surface area contributed by atoms with Crippen molar-refractivity contribution in [3.63, 3.8) is 0 Å². The van der Waals surface area contributed by atoms with Crippen LogP contribution in [0.5, 0.6) is 0 Å². The number of unbranched alkanes of at least 4 members (excludes halogenated alkanes) is 5. The van der Waals surface area contributed by atoms with Crippen LogP contribution in [0.3, 0.4) is 0 Å². The topological polar surface area (TPSA) is 30.7 Å². The van der Waals surface area contributed by atoms with Gasteiger partial charge in [-0.3, -0.25) is 4.57 Å².